The zero-order chi connectivity index (χ0) is 16.3. The SMILES string of the molecule is CCc1oc2c(c1N)P(=O)(C(C)C)c1ccccc1S2(=O)=O. The topological polar surface area (TPSA) is 90.4 Å². The number of fused-ring (bicyclic) bond motifs is 2. The Morgan fingerprint density at radius 3 is 2.50 bits per heavy atom. The van der Waals surface area contributed by atoms with Gasteiger partial charge in [0.05, 0.1) is 15.9 Å². The molecule has 2 N–H and O–H groups in total. The summed E-state index contributed by atoms with van der Waals surface area (Å²) in [5.41, 5.74) is 6.04. The zero-order valence-corrected chi connectivity index (χ0v) is 14.4. The number of rotatable bonds is 2. The van der Waals surface area contributed by atoms with Gasteiger partial charge in [-0.1, -0.05) is 32.9 Å². The molecule has 3 rings (SSSR count). The first kappa shape index (κ1) is 15.4. The highest BCUT2D eigenvalue weighted by atomic mass is 32.2. The summed E-state index contributed by atoms with van der Waals surface area (Å²) in [5.74, 6) is 0.377. The third kappa shape index (κ3) is 1.71. The van der Waals surface area contributed by atoms with E-state index in [0.717, 1.165) is 0 Å². The number of hydrogen-bond donors (Lipinski definition) is 1. The predicted octanol–water partition coefficient (Wildman–Crippen LogP) is 2.29. The maximum atomic E-state index is 13.8. The second kappa shape index (κ2) is 4.74. The largest absolute Gasteiger partial charge is 0.446 e. The van der Waals surface area contributed by atoms with Crippen LogP contribution in [0.2, 0.25) is 0 Å². The standard InChI is InChI=1S/C15H18NO4PS/c1-4-10-13(16)14-15(20-10)22(18,19)12-8-6-5-7-11(12)21(14,17)9(2)3/h5-9H,4,16H2,1-3H3. The molecular weight excluding hydrogens is 321 g/mol. The summed E-state index contributed by atoms with van der Waals surface area (Å²) in [6.07, 6.45) is 0.447. The molecule has 1 unspecified atom stereocenters. The van der Waals surface area contributed by atoms with E-state index in [-0.39, 0.29) is 26.6 Å². The molecular formula is C15H18NO4PS. The van der Waals surface area contributed by atoms with Gasteiger partial charge in [-0.2, -0.15) is 0 Å². The van der Waals surface area contributed by atoms with Crippen LogP contribution in [0.1, 0.15) is 26.5 Å². The van der Waals surface area contributed by atoms with Crippen LogP contribution < -0.4 is 16.3 Å². The first-order valence-corrected chi connectivity index (χ1v) is 10.4. The minimum Gasteiger partial charge on any atom is -0.446 e. The van der Waals surface area contributed by atoms with Gasteiger partial charge in [0.25, 0.3) is 0 Å². The molecule has 118 valence electrons. The number of nitrogen functional groups attached to an aromatic ring is 1. The molecule has 0 aliphatic carbocycles. The van der Waals surface area contributed by atoms with E-state index in [9.17, 15) is 13.0 Å². The molecule has 22 heavy (non-hydrogen) atoms. The normalized spacial score (nSPS) is 22.4. The zero-order valence-electron chi connectivity index (χ0n) is 12.7. The lowest BCUT2D eigenvalue weighted by atomic mass is 10.3. The third-order valence-corrected chi connectivity index (χ3v) is 9.78. The molecule has 0 radical (unpaired) electrons. The van der Waals surface area contributed by atoms with Gasteiger partial charge < -0.3 is 14.7 Å². The second-order valence-corrected chi connectivity index (χ2v) is 10.7. The van der Waals surface area contributed by atoms with Crippen molar-refractivity contribution in [2.45, 2.75) is 42.8 Å². The summed E-state index contributed by atoms with van der Waals surface area (Å²) < 4.78 is 45.0. The average molecular weight is 339 g/mol. The fourth-order valence-electron chi connectivity index (χ4n) is 2.93. The fraction of sp³-hybridized carbons (Fsp3) is 0.333. The molecule has 0 saturated carbocycles. The molecule has 0 fully saturated rings. The first-order valence-electron chi connectivity index (χ1n) is 7.12. The molecule has 2 aromatic rings. The monoisotopic (exact) mass is 339 g/mol. The Morgan fingerprint density at radius 1 is 1.27 bits per heavy atom. The van der Waals surface area contributed by atoms with Crippen molar-refractivity contribution in [3.05, 3.63) is 30.0 Å². The van der Waals surface area contributed by atoms with Crippen LogP contribution in [0.5, 0.6) is 0 Å². The Kier molecular flexibility index (Phi) is 3.31. The van der Waals surface area contributed by atoms with Crippen molar-refractivity contribution in [1.82, 2.24) is 0 Å². The molecule has 1 aromatic heterocycles. The molecule has 0 bridgehead atoms. The van der Waals surface area contributed by atoms with Crippen LogP contribution in [0, 0.1) is 0 Å². The summed E-state index contributed by atoms with van der Waals surface area (Å²) in [4.78, 5) is 0.0657. The van der Waals surface area contributed by atoms with Crippen LogP contribution in [-0.2, 0) is 20.8 Å². The van der Waals surface area contributed by atoms with E-state index in [1.807, 2.05) is 20.8 Å². The molecule has 1 aliphatic heterocycles. The summed E-state index contributed by atoms with van der Waals surface area (Å²) in [6.45, 7) is 5.45. The molecule has 1 aliphatic rings. The molecule has 1 atom stereocenters. The molecule has 7 heteroatoms. The highest BCUT2D eigenvalue weighted by Gasteiger charge is 2.49. The van der Waals surface area contributed by atoms with Crippen LogP contribution in [0.25, 0.3) is 0 Å². The Bertz CT molecular complexity index is 912. The van der Waals surface area contributed by atoms with E-state index in [2.05, 4.69) is 0 Å². The van der Waals surface area contributed by atoms with Gasteiger partial charge in [-0.3, -0.25) is 0 Å². The van der Waals surface area contributed by atoms with Gasteiger partial charge in [0.1, 0.15) is 5.76 Å². The Labute approximate surface area is 129 Å². The van der Waals surface area contributed by atoms with Crippen molar-refractivity contribution in [2.24, 2.45) is 0 Å². The molecule has 0 amide bonds. The average Bonchev–Trinajstić information content (AvgIpc) is 2.83. The number of hydrogen-bond acceptors (Lipinski definition) is 5. The Balaban J connectivity index is 2.54. The number of aryl methyl sites for hydroxylation is 1. The van der Waals surface area contributed by atoms with Gasteiger partial charge >= 0.3 is 0 Å². The van der Waals surface area contributed by atoms with Gasteiger partial charge in [-0.05, 0) is 12.1 Å². The van der Waals surface area contributed by atoms with Crippen molar-refractivity contribution >= 4 is 33.3 Å². The van der Waals surface area contributed by atoms with E-state index in [0.29, 0.717) is 17.5 Å². The number of furan rings is 1. The van der Waals surface area contributed by atoms with Crippen molar-refractivity contribution < 1.29 is 17.4 Å². The summed E-state index contributed by atoms with van der Waals surface area (Å²) >= 11 is 0. The van der Waals surface area contributed by atoms with Crippen molar-refractivity contribution in [3.8, 4) is 0 Å². The Morgan fingerprint density at radius 2 is 1.91 bits per heavy atom. The van der Waals surface area contributed by atoms with Crippen molar-refractivity contribution in [2.75, 3.05) is 5.73 Å². The van der Waals surface area contributed by atoms with Gasteiger partial charge in [-0.25, -0.2) is 8.42 Å². The summed E-state index contributed by atoms with van der Waals surface area (Å²) in [5, 5.41) is 0.295. The lowest BCUT2D eigenvalue weighted by molar-refractivity contribution is 0.421. The number of anilines is 1. The van der Waals surface area contributed by atoms with E-state index < -0.39 is 17.0 Å². The number of sulfone groups is 1. The van der Waals surface area contributed by atoms with Gasteiger partial charge in [0, 0.05) is 17.4 Å². The van der Waals surface area contributed by atoms with Gasteiger partial charge in [0.15, 0.2) is 7.14 Å². The molecule has 1 aromatic carbocycles. The maximum Gasteiger partial charge on any atom is 0.241 e. The predicted molar refractivity (Wildman–Crippen MR) is 86.4 cm³/mol. The quantitative estimate of drug-likeness (QED) is 0.848. The van der Waals surface area contributed by atoms with Crippen LogP contribution in [0.4, 0.5) is 5.69 Å². The molecule has 0 spiro atoms. The summed E-state index contributed by atoms with van der Waals surface area (Å²) in [6, 6.07) is 6.42. The van der Waals surface area contributed by atoms with Gasteiger partial charge in [0.2, 0.25) is 14.9 Å². The summed E-state index contributed by atoms with van der Waals surface area (Å²) in [7, 11) is -7.01. The maximum absolute atomic E-state index is 13.8. The Hall–Kier alpha value is -1.52. The minimum absolute atomic E-state index is 0.0657. The van der Waals surface area contributed by atoms with Crippen LogP contribution in [-0.4, -0.2) is 14.1 Å². The lowest BCUT2D eigenvalue weighted by Crippen LogP contribution is -2.34. The van der Waals surface area contributed by atoms with Crippen LogP contribution in [0.15, 0.2) is 38.7 Å². The van der Waals surface area contributed by atoms with E-state index in [1.54, 1.807) is 18.2 Å². The fourth-order valence-corrected chi connectivity index (χ4v) is 8.67. The van der Waals surface area contributed by atoms with Crippen molar-refractivity contribution in [3.63, 3.8) is 0 Å². The number of benzene rings is 1. The number of nitrogens with two attached hydrogens (primary N) is 1. The first-order chi connectivity index (χ1) is 10.3. The van der Waals surface area contributed by atoms with Gasteiger partial charge in [-0.15, -0.1) is 0 Å². The van der Waals surface area contributed by atoms with E-state index in [1.165, 1.54) is 6.07 Å². The smallest absolute Gasteiger partial charge is 0.241 e. The van der Waals surface area contributed by atoms with E-state index >= 15 is 0 Å². The molecule has 5 nitrogen and oxygen atoms in total. The minimum atomic E-state index is -3.84. The highest BCUT2D eigenvalue weighted by Crippen LogP contribution is 2.56. The van der Waals surface area contributed by atoms with E-state index in [4.69, 9.17) is 10.2 Å². The van der Waals surface area contributed by atoms with Crippen LogP contribution >= 0.6 is 7.14 Å². The molecule has 0 saturated heterocycles. The highest BCUT2D eigenvalue weighted by molar-refractivity contribution is 7.95. The lowest BCUT2D eigenvalue weighted by Gasteiger charge is -2.28. The van der Waals surface area contributed by atoms with Crippen LogP contribution in [0.3, 0.4) is 0 Å². The molecule has 2 heterocycles. The second-order valence-electron chi connectivity index (χ2n) is 5.65. The van der Waals surface area contributed by atoms with Crippen molar-refractivity contribution in [1.29, 1.82) is 0 Å². The third-order valence-electron chi connectivity index (χ3n) is 4.10.